The summed E-state index contributed by atoms with van der Waals surface area (Å²) >= 11 is 5.52. The van der Waals surface area contributed by atoms with E-state index in [1.54, 1.807) is 24.3 Å². The number of nitrogens with one attached hydrogen (secondary N) is 3. The van der Waals surface area contributed by atoms with Crippen LogP contribution in [0.1, 0.15) is 21.6 Å². The van der Waals surface area contributed by atoms with Crippen molar-refractivity contribution in [1.82, 2.24) is 10.3 Å². The van der Waals surface area contributed by atoms with Crippen molar-refractivity contribution < 1.29 is 9.18 Å². The Bertz CT molecular complexity index is 1330. The molecule has 0 spiro atoms. The van der Waals surface area contributed by atoms with Crippen molar-refractivity contribution in [2.75, 3.05) is 5.32 Å². The van der Waals surface area contributed by atoms with Crippen LogP contribution in [0.4, 0.5) is 10.1 Å². The number of aromatic amines is 1. The van der Waals surface area contributed by atoms with Crippen LogP contribution in [0.25, 0.3) is 10.9 Å². The average molecular weight is 428 g/mol. The van der Waals surface area contributed by atoms with Crippen molar-refractivity contribution in [1.29, 1.82) is 0 Å². The van der Waals surface area contributed by atoms with E-state index >= 15 is 0 Å². The van der Waals surface area contributed by atoms with Gasteiger partial charge in [0.15, 0.2) is 6.17 Å². The highest BCUT2D eigenvalue weighted by Gasteiger charge is 2.26. The van der Waals surface area contributed by atoms with Crippen LogP contribution in [0, 0.1) is 5.82 Å². The molecular weight excluding hydrogens is 411 g/mol. The number of carbonyl (C=O) groups is 1. The molecule has 7 heteroatoms. The largest absolute Gasteiger partial charge is 0.351 e. The Balaban J connectivity index is 1.55. The molecule has 1 aromatic heterocycles. The summed E-state index contributed by atoms with van der Waals surface area (Å²) in [6.07, 6.45) is -0.865. The van der Waals surface area contributed by atoms with E-state index in [4.69, 9.17) is 12.2 Å². The van der Waals surface area contributed by atoms with Crippen molar-refractivity contribution in [2.45, 2.75) is 6.17 Å². The number of hydrogen-bond donors (Lipinski definition) is 3. The third-order valence-electron chi connectivity index (χ3n) is 5.12. The lowest BCUT2D eigenvalue weighted by atomic mass is 10.0. The Morgan fingerprint density at radius 3 is 2.48 bits per heavy atom. The summed E-state index contributed by atoms with van der Waals surface area (Å²) in [5, 5.41) is 6.93. The van der Waals surface area contributed by atoms with Gasteiger partial charge in [0, 0.05) is 27.7 Å². The van der Waals surface area contributed by atoms with E-state index in [-0.39, 0.29) is 5.91 Å². The van der Waals surface area contributed by atoms with Gasteiger partial charge in [0.05, 0.1) is 5.71 Å². The van der Waals surface area contributed by atoms with E-state index in [2.05, 4.69) is 20.6 Å². The van der Waals surface area contributed by atoms with E-state index in [1.165, 1.54) is 6.07 Å². The molecular formula is C24H17FN4OS. The minimum Gasteiger partial charge on any atom is -0.351 e. The second-order valence-corrected chi connectivity index (χ2v) is 7.58. The topological polar surface area (TPSA) is 69.3 Å². The van der Waals surface area contributed by atoms with Crippen molar-refractivity contribution in [3.63, 3.8) is 0 Å². The number of para-hydroxylation sites is 2. The number of amides is 1. The van der Waals surface area contributed by atoms with Gasteiger partial charge in [0.2, 0.25) is 0 Å². The standard InChI is InChI=1S/C24H17FN4OS/c25-17-10-4-2-8-15(17)21-16-9-3-6-12-19(16)27-24(31)22(28-21)29-23(30)20-13-14-7-1-5-11-18(14)26-20/h1-13,22,26H,(H,27,31)(H,29,30). The maximum absolute atomic E-state index is 14.6. The van der Waals surface area contributed by atoms with E-state index in [9.17, 15) is 9.18 Å². The number of nitrogens with zero attached hydrogens (tertiary/aromatic N) is 1. The molecule has 1 aliphatic heterocycles. The van der Waals surface area contributed by atoms with E-state index in [0.717, 1.165) is 10.9 Å². The van der Waals surface area contributed by atoms with Gasteiger partial charge in [-0.1, -0.05) is 60.7 Å². The fraction of sp³-hybridized carbons (Fsp3) is 0.0417. The minimum absolute atomic E-state index is 0.322. The fourth-order valence-electron chi connectivity index (χ4n) is 3.62. The number of benzene rings is 3. The van der Waals surface area contributed by atoms with Gasteiger partial charge in [-0.3, -0.25) is 9.79 Å². The molecule has 5 rings (SSSR count). The first-order valence-electron chi connectivity index (χ1n) is 9.72. The zero-order chi connectivity index (χ0) is 21.4. The number of carbonyl (C=O) groups excluding carboxylic acids is 1. The van der Waals surface area contributed by atoms with Crippen LogP contribution in [0.2, 0.25) is 0 Å². The number of H-pyrrole nitrogens is 1. The summed E-state index contributed by atoms with van der Waals surface area (Å²) in [6, 6.07) is 23.2. The number of thiocarbonyl (C=S) groups is 1. The molecule has 1 amide bonds. The molecule has 0 radical (unpaired) electrons. The molecule has 0 bridgehead atoms. The summed E-state index contributed by atoms with van der Waals surface area (Å²) in [4.78, 5) is 21.0. The Morgan fingerprint density at radius 1 is 0.968 bits per heavy atom. The average Bonchev–Trinajstić information content (AvgIpc) is 3.16. The van der Waals surface area contributed by atoms with Crippen LogP contribution < -0.4 is 10.6 Å². The van der Waals surface area contributed by atoms with Crippen molar-refractivity contribution in [2.24, 2.45) is 4.99 Å². The SMILES string of the molecule is O=C(NC1N=C(c2ccccc2F)c2ccccc2NC1=S)c1cc2ccccc2[nH]1. The zero-order valence-corrected chi connectivity index (χ0v) is 17.0. The van der Waals surface area contributed by atoms with Crippen LogP contribution in [0.15, 0.2) is 83.9 Å². The maximum atomic E-state index is 14.6. The second kappa shape index (κ2) is 7.77. The molecule has 152 valence electrons. The molecule has 0 saturated carbocycles. The first kappa shape index (κ1) is 19.1. The predicted octanol–water partition coefficient (Wildman–Crippen LogP) is 4.65. The number of fused-ring (bicyclic) bond motifs is 2. The number of rotatable bonds is 3. The number of aliphatic imine (C=N–C) groups is 1. The summed E-state index contributed by atoms with van der Waals surface area (Å²) in [5.41, 5.74) is 3.43. The molecule has 1 aliphatic rings. The summed E-state index contributed by atoms with van der Waals surface area (Å²) in [5.74, 6) is -0.752. The molecule has 31 heavy (non-hydrogen) atoms. The number of anilines is 1. The highest BCUT2D eigenvalue weighted by atomic mass is 32.1. The fourth-order valence-corrected chi connectivity index (χ4v) is 3.84. The Hall–Kier alpha value is -3.84. The lowest BCUT2D eigenvalue weighted by Crippen LogP contribution is -2.41. The highest BCUT2D eigenvalue weighted by molar-refractivity contribution is 7.80. The Morgan fingerprint density at radius 2 is 1.68 bits per heavy atom. The van der Waals surface area contributed by atoms with E-state index < -0.39 is 12.0 Å². The summed E-state index contributed by atoms with van der Waals surface area (Å²) in [7, 11) is 0. The Labute approximate surface area is 183 Å². The molecule has 4 aromatic rings. The third kappa shape index (κ3) is 3.60. The van der Waals surface area contributed by atoms with Gasteiger partial charge in [-0.2, -0.15) is 0 Å². The van der Waals surface area contributed by atoms with Crippen LogP contribution >= 0.6 is 12.2 Å². The first-order valence-corrected chi connectivity index (χ1v) is 10.1. The molecule has 1 unspecified atom stereocenters. The minimum atomic E-state index is -0.865. The van der Waals surface area contributed by atoms with Gasteiger partial charge >= 0.3 is 0 Å². The second-order valence-electron chi connectivity index (χ2n) is 7.14. The molecule has 3 N–H and O–H groups in total. The monoisotopic (exact) mass is 428 g/mol. The molecule has 0 aliphatic carbocycles. The van der Waals surface area contributed by atoms with Gasteiger partial charge in [-0.05, 0) is 30.3 Å². The molecule has 2 heterocycles. The number of benzodiazepines with no additional fused rings is 1. The van der Waals surface area contributed by atoms with Gasteiger partial charge in [0.25, 0.3) is 5.91 Å². The van der Waals surface area contributed by atoms with Crippen LogP contribution in [0.3, 0.4) is 0 Å². The van der Waals surface area contributed by atoms with Gasteiger partial charge in [0.1, 0.15) is 16.5 Å². The number of halogens is 1. The molecule has 3 aromatic carbocycles. The number of hydrogen-bond acceptors (Lipinski definition) is 3. The summed E-state index contributed by atoms with van der Waals surface area (Å²) < 4.78 is 14.6. The highest BCUT2D eigenvalue weighted by Crippen LogP contribution is 2.25. The molecule has 5 nitrogen and oxygen atoms in total. The lowest BCUT2D eigenvalue weighted by molar-refractivity contribution is 0.0944. The lowest BCUT2D eigenvalue weighted by Gasteiger charge is -2.15. The maximum Gasteiger partial charge on any atom is 0.269 e. The van der Waals surface area contributed by atoms with Crippen molar-refractivity contribution >= 4 is 45.4 Å². The summed E-state index contributed by atoms with van der Waals surface area (Å²) in [6.45, 7) is 0. The molecule has 0 saturated heterocycles. The van der Waals surface area contributed by atoms with Crippen molar-refractivity contribution in [3.05, 3.63) is 102 Å². The van der Waals surface area contributed by atoms with E-state index in [0.29, 0.717) is 33.2 Å². The van der Waals surface area contributed by atoms with Gasteiger partial charge in [-0.25, -0.2) is 4.39 Å². The smallest absolute Gasteiger partial charge is 0.269 e. The zero-order valence-electron chi connectivity index (χ0n) is 16.2. The molecule has 1 atom stereocenters. The third-order valence-corrected chi connectivity index (χ3v) is 5.44. The quantitative estimate of drug-likeness (QED) is 0.416. The van der Waals surface area contributed by atoms with Crippen LogP contribution in [-0.2, 0) is 0 Å². The van der Waals surface area contributed by atoms with E-state index in [1.807, 2.05) is 48.5 Å². The first-order chi connectivity index (χ1) is 15.1. The van der Waals surface area contributed by atoms with Gasteiger partial charge < -0.3 is 15.6 Å². The Kier molecular flexibility index (Phi) is 4.80. The van der Waals surface area contributed by atoms with Gasteiger partial charge in [-0.15, -0.1) is 0 Å². The van der Waals surface area contributed by atoms with Crippen LogP contribution in [-0.4, -0.2) is 27.8 Å². The number of aromatic nitrogens is 1. The van der Waals surface area contributed by atoms with Crippen LogP contribution in [0.5, 0.6) is 0 Å². The predicted molar refractivity (Wildman–Crippen MR) is 124 cm³/mol. The van der Waals surface area contributed by atoms with Crippen molar-refractivity contribution in [3.8, 4) is 0 Å². The molecule has 0 fully saturated rings. The normalized spacial score (nSPS) is 15.6.